The topological polar surface area (TPSA) is 64.8 Å². The van der Waals surface area contributed by atoms with Gasteiger partial charge in [0.2, 0.25) is 5.91 Å². The zero-order valence-electron chi connectivity index (χ0n) is 15.4. The predicted octanol–water partition coefficient (Wildman–Crippen LogP) is 2.40. The molecule has 0 aromatic heterocycles. The summed E-state index contributed by atoms with van der Waals surface area (Å²) in [6.07, 6.45) is -0.0818. The van der Waals surface area contributed by atoms with Crippen molar-refractivity contribution in [1.29, 1.82) is 0 Å². The molecule has 0 bridgehead atoms. The standard InChI is InChI=1S/C19H26F2N2O3/c1-4-25-16-10-19(22,18(16,2)3)17(24)23-7-8-26-15(11-23)12-5-6-13(20)14(21)9-12/h5-6,9,15-16H,4,7-8,10-11,22H2,1-3H3. The van der Waals surface area contributed by atoms with Crippen LogP contribution in [0.5, 0.6) is 0 Å². The first kappa shape index (κ1) is 19.2. The third kappa shape index (κ3) is 3.02. The average Bonchev–Trinajstić information content (AvgIpc) is 2.63. The lowest BCUT2D eigenvalue weighted by atomic mass is 9.54. The Hall–Kier alpha value is -1.57. The maximum absolute atomic E-state index is 13.5. The van der Waals surface area contributed by atoms with Crippen LogP contribution in [0.2, 0.25) is 0 Å². The SMILES string of the molecule is CCOC1CC(N)(C(=O)N2CCOC(c3ccc(F)c(F)c3)C2)C1(C)C. The van der Waals surface area contributed by atoms with Gasteiger partial charge in [-0.1, -0.05) is 19.9 Å². The molecule has 2 aliphatic rings. The highest BCUT2D eigenvalue weighted by atomic mass is 19.2. The van der Waals surface area contributed by atoms with E-state index in [-0.39, 0.29) is 18.6 Å². The number of amides is 1. The Kier molecular flexibility index (Phi) is 5.07. The summed E-state index contributed by atoms with van der Waals surface area (Å²) in [6.45, 7) is 7.40. The molecule has 0 radical (unpaired) electrons. The summed E-state index contributed by atoms with van der Waals surface area (Å²) in [4.78, 5) is 14.8. The second-order valence-corrected chi connectivity index (χ2v) is 7.63. The lowest BCUT2D eigenvalue weighted by molar-refractivity contribution is -0.184. The number of halogens is 2. The van der Waals surface area contributed by atoms with Gasteiger partial charge in [0.05, 0.1) is 19.3 Å². The number of nitrogens with zero attached hydrogens (tertiary/aromatic N) is 1. The maximum atomic E-state index is 13.5. The summed E-state index contributed by atoms with van der Waals surface area (Å²) in [5.41, 5.74) is 5.52. The maximum Gasteiger partial charge on any atom is 0.243 e. The van der Waals surface area contributed by atoms with Gasteiger partial charge in [-0.15, -0.1) is 0 Å². The fourth-order valence-corrected chi connectivity index (χ4v) is 3.83. The third-order valence-electron chi connectivity index (χ3n) is 5.88. The van der Waals surface area contributed by atoms with Gasteiger partial charge >= 0.3 is 0 Å². The van der Waals surface area contributed by atoms with Gasteiger partial charge in [-0.25, -0.2) is 8.78 Å². The molecule has 0 spiro atoms. The first-order chi connectivity index (χ1) is 12.2. The minimum atomic E-state index is -0.997. The number of hydrogen-bond donors (Lipinski definition) is 1. The Bertz CT molecular complexity index is 697. The zero-order valence-corrected chi connectivity index (χ0v) is 15.4. The van der Waals surface area contributed by atoms with Gasteiger partial charge in [0.25, 0.3) is 0 Å². The summed E-state index contributed by atoms with van der Waals surface area (Å²) in [7, 11) is 0. The number of carbonyl (C=O) groups excluding carboxylic acids is 1. The van der Waals surface area contributed by atoms with Crippen molar-refractivity contribution in [3.8, 4) is 0 Å². The first-order valence-electron chi connectivity index (χ1n) is 8.97. The van der Waals surface area contributed by atoms with E-state index < -0.39 is 28.7 Å². The molecule has 1 aromatic carbocycles. The summed E-state index contributed by atoms with van der Waals surface area (Å²) in [6, 6.07) is 3.67. The predicted molar refractivity (Wildman–Crippen MR) is 92.4 cm³/mol. The highest BCUT2D eigenvalue weighted by Gasteiger charge is 2.63. The number of ether oxygens (including phenoxy) is 2. The lowest BCUT2D eigenvalue weighted by Crippen LogP contribution is -2.76. The molecule has 5 nitrogen and oxygen atoms in total. The quantitative estimate of drug-likeness (QED) is 0.886. The Morgan fingerprint density at radius 1 is 1.38 bits per heavy atom. The fourth-order valence-electron chi connectivity index (χ4n) is 3.83. The van der Waals surface area contributed by atoms with E-state index in [0.717, 1.165) is 12.1 Å². The minimum Gasteiger partial charge on any atom is -0.378 e. The zero-order chi connectivity index (χ0) is 19.1. The molecule has 1 aromatic rings. The smallest absolute Gasteiger partial charge is 0.243 e. The van der Waals surface area contributed by atoms with Crippen molar-refractivity contribution in [2.45, 2.75) is 44.9 Å². The normalized spacial score (nSPS) is 30.8. The molecule has 1 aliphatic carbocycles. The second-order valence-electron chi connectivity index (χ2n) is 7.63. The van der Waals surface area contributed by atoms with Crippen LogP contribution in [0.3, 0.4) is 0 Å². The molecule has 26 heavy (non-hydrogen) atoms. The van der Waals surface area contributed by atoms with Crippen molar-refractivity contribution in [2.75, 3.05) is 26.3 Å². The van der Waals surface area contributed by atoms with Gasteiger partial charge in [0.15, 0.2) is 11.6 Å². The number of rotatable bonds is 4. The lowest BCUT2D eigenvalue weighted by Gasteiger charge is -2.59. The van der Waals surface area contributed by atoms with E-state index in [9.17, 15) is 13.6 Å². The van der Waals surface area contributed by atoms with Crippen LogP contribution in [-0.4, -0.2) is 48.8 Å². The van der Waals surface area contributed by atoms with Gasteiger partial charge in [0, 0.05) is 25.0 Å². The molecule has 2 fully saturated rings. The molecule has 144 valence electrons. The summed E-state index contributed by atoms with van der Waals surface area (Å²) in [5, 5.41) is 0. The average molecular weight is 368 g/mol. The van der Waals surface area contributed by atoms with Gasteiger partial charge in [0.1, 0.15) is 11.6 Å². The number of carbonyl (C=O) groups is 1. The monoisotopic (exact) mass is 368 g/mol. The summed E-state index contributed by atoms with van der Waals surface area (Å²) < 4.78 is 38.0. The Morgan fingerprint density at radius 2 is 2.12 bits per heavy atom. The molecule has 3 atom stereocenters. The van der Waals surface area contributed by atoms with Crippen LogP contribution >= 0.6 is 0 Å². The molecule has 1 saturated heterocycles. The van der Waals surface area contributed by atoms with Crippen molar-refractivity contribution >= 4 is 5.91 Å². The van der Waals surface area contributed by atoms with Crippen LogP contribution in [0, 0.1) is 17.0 Å². The van der Waals surface area contributed by atoms with Crippen molar-refractivity contribution in [2.24, 2.45) is 11.1 Å². The van der Waals surface area contributed by atoms with E-state index in [1.54, 1.807) is 4.90 Å². The van der Waals surface area contributed by atoms with Crippen molar-refractivity contribution in [3.05, 3.63) is 35.4 Å². The molecule has 3 unspecified atom stereocenters. The Labute approximate surface area is 152 Å². The van der Waals surface area contributed by atoms with Crippen molar-refractivity contribution < 1.29 is 23.0 Å². The molecule has 1 aliphatic heterocycles. The molecule has 1 heterocycles. The highest BCUT2D eigenvalue weighted by molar-refractivity contribution is 5.89. The Morgan fingerprint density at radius 3 is 2.73 bits per heavy atom. The van der Waals surface area contributed by atoms with E-state index in [1.807, 2.05) is 20.8 Å². The first-order valence-corrected chi connectivity index (χ1v) is 8.97. The van der Waals surface area contributed by atoms with Crippen LogP contribution in [-0.2, 0) is 14.3 Å². The Balaban J connectivity index is 1.73. The molecule has 3 rings (SSSR count). The molecular formula is C19H26F2N2O3. The number of morpholine rings is 1. The van der Waals surface area contributed by atoms with Crippen LogP contribution in [0.1, 0.15) is 38.9 Å². The van der Waals surface area contributed by atoms with Gasteiger partial charge in [-0.2, -0.15) is 0 Å². The molecule has 1 saturated carbocycles. The third-order valence-corrected chi connectivity index (χ3v) is 5.88. The fraction of sp³-hybridized carbons (Fsp3) is 0.632. The summed E-state index contributed by atoms with van der Waals surface area (Å²) >= 11 is 0. The van der Waals surface area contributed by atoms with Crippen molar-refractivity contribution in [3.63, 3.8) is 0 Å². The molecule has 1 amide bonds. The van der Waals surface area contributed by atoms with Gasteiger partial charge < -0.3 is 20.1 Å². The highest BCUT2D eigenvalue weighted by Crippen LogP contribution is 2.50. The van der Waals surface area contributed by atoms with Crippen LogP contribution < -0.4 is 5.73 Å². The van der Waals surface area contributed by atoms with E-state index >= 15 is 0 Å². The molecule has 2 N–H and O–H groups in total. The number of hydrogen-bond acceptors (Lipinski definition) is 4. The van der Waals surface area contributed by atoms with E-state index in [1.165, 1.54) is 6.07 Å². The van der Waals surface area contributed by atoms with Gasteiger partial charge in [-0.05, 0) is 24.6 Å². The molecular weight excluding hydrogens is 342 g/mol. The summed E-state index contributed by atoms with van der Waals surface area (Å²) in [5.74, 6) is -1.98. The number of benzene rings is 1. The van der Waals surface area contributed by atoms with E-state index in [2.05, 4.69) is 0 Å². The van der Waals surface area contributed by atoms with Crippen LogP contribution in [0.25, 0.3) is 0 Å². The second kappa shape index (κ2) is 6.87. The van der Waals surface area contributed by atoms with E-state index in [0.29, 0.717) is 31.7 Å². The van der Waals surface area contributed by atoms with Crippen LogP contribution in [0.15, 0.2) is 18.2 Å². The van der Waals surface area contributed by atoms with Crippen LogP contribution in [0.4, 0.5) is 8.78 Å². The van der Waals surface area contributed by atoms with Gasteiger partial charge in [-0.3, -0.25) is 4.79 Å². The van der Waals surface area contributed by atoms with Crippen molar-refractivity contribution in [1.82, 2.24) is 4.90 Å². The van der Waals surface area contributed by atoms with E-state index in [4.69, 9.17) is 15.2 Å². The minimum absolute atomic E-state index is 0.0514. The molecule has 7 heteroatoms. The number of nitrogens with two attached hydrogens (primary N) is 1. The largest absolute Gasteiger partial charge is 0.378 e.